The molecule has 5 rings (SSSR count). The highest BCUT2D eigenvalue weighted by molar-refractivity contribution is 7.89. The van der Waals surface area contributed by atoms with E-state index >= 15 is 8.78 Å². The number of alkyl halides is 2. The van der Waals surface area contributed by atoms with Gasteiger partial charge in [-0.15, -0.1) is 0 Å². The number of aromatic nitrogens is 1. The summed E-state index contributed by atoms with van der Waals surface area (Å²) < 4.78 is 71.1. The van der Waals surface area contributed by atoms with Gasteiger partial charge in [0.05, 0.1) is 17.5 Å². The van der Waals surface area contributed by atoms with E-state index < -0.39 is 53.8 Å². The molecule has 1 saturated carbocycles. The number of ether oxygens (including phenoxy) is 2. The molecule has 0 spiro atoms. The highest BCUT2D eigenvalue weighted by Gasteiger charge is 2.44. The molecule has 1 aliphatic carbocycles. The Labute approximate surface area is 328 Å². The van der Waals surface area contributed by atoms with Gasteiger partial charge in [-0.3, -0.25) is 4.79 Å². The number of alkyl carbamates (subject to hydrolysis) is 2. The van der Waals surface area contributed by atoms with E-state index in [4.69, 9.17) is 21.1 Å². The van der Waals surface area contributed by atoms with E-state index in [0.29, 0.717) is 25.1 Å². The largest absolute Gasteiger partial charge is 0.450 e. The summed E-state index contributed by atoms with van der Waals surface area (Å²) in [5.74, 6) is -4.12. The fraction of sp³-hybridized carbons (Fsp3) is 0.622. The van der Waals surface area contributed by atoms with Gasteiger partial charge in [0.15, 0.2) is 0 Å². The fourth-order valence-corrected chi connectivity index (χ4v) is 9.31. The lowest BCUT2D eigenvalue weighted by Gasteiger charge is -2.36. The molecule has 2 aliphatic heterocycles. The Balaban J connectivity index is 1.14. The number of carbonyl (C=O) groups excluding carboxylic acids is 3. The van der Waals surface area contributed by atoms with Gasteiger partial charge in [0.2, 0.25) is 15.9 Å². The van der Waals surface area contributed by atoms with Crippen LogP contribution >= 0.6 is 11.6 Å². The summed E-state index contributed by atoms with van der Waals surface area (Å²) in [6.45, 7) is 13.0. The number of amides is 3. The molecule has 1 aromatic heterocycles. The van der Waals surface area contributed by atoms with Crippen LogP contribution < -0.4 is 20.4 Å². The topological polar surface area (TPSA) is 150 Å². The average Bonchev–Trinajstić information content (AvgIpc) is 3.46. The molecular formula is C37H53ClF2N6O7SSi. The Kier molecular flexibility index (Phi) is 13.1. The summed E-state index contributed by atoms with van der Waals surface area (Å²) in [5.41, 5.74) is -0.428. The minimum atomic E-state index is -3.91. The maximum atomic E-state index is 16.0. The van der Waals surface area contributed by atoms with Crippen LogP contribution in [0.3, 0.4) is 0 Å². The van der Waals surface area contributed by atoms with Crippen molar-refractivity contribution >= 4 is 59.3 Å². The van der Waals surface area contributed by atoms with Crippen molar-refractivity contribution in [2.24, 2.45) is 5.92 Å². The van der Waals surface area contributed by atoms with Gasteiger partial charge in [0.25, 0.3) is 5.92 Å². The number of anilines is 2. The Morgan fingerprint density at radius 1 is 0.945 bits per heavy atom. The van der Waals surface area contributed by atoms with Crippen molar-refractivity contribution < 1.29 is 41.1 Å². The van der Waals surface area contributed by atoms with Gasteiger partial charge in [0, 0.05) is 70.4 Å². The minimum absolute atomic E-state index is 0.0476. The first-order chi connectivity index (χ1) is 25.6. The van der Waals surface area contributed by atoms with E-state index in [1.165, 1.54) is 33.5 Å². The van der Waals surface area contributed by atoms with Crippen molar-refractivity contribution in [3.63, 3.8) is 0 Å². The minimum Gasteiger partial charge on any atom is -0.450 e. The molecule has 0 bridgehead atoms. The van der Waals surface area contributed by atoms with E-state index in [1.54, 1.807) is 37.8 Å². The zero-order valence-electron chi connectivity index (χ0n) is 32.4. The van der Waals surface area contributed by atoms with E-state index in [1.807, 2.05) is 0 Å². The van der Waals surface area contributed by atoms with E-state index in [9.17, 15) is 22.8 Å². The molecular weight excluding hydrogens is 774 g/mol. The van der Waals surface area contributed by atoms with Crippen LogP contribution in [-0.2, 0) is 30.2 Å². The molecule has 1 aromatic carbocycles. The molecule has 3 aliphatic rings. The monoisotopic (exact) mass is 826 g/mol. The number of piperazine rings is 1. The molecule has 3 amide bonds. The summed E-state index contributed by atoms with van der Waals surface area (Å²) in [6, 6.07) is 8.68. The third-order valence-electron chi connectivity index (χ3n) is 10.0. The van der Waals surface area contributed by atoms with Gasteiger partial charge in [-0.25, -0.2) is 31.8 Å². The van der Waals surface area contributed by atoms with E-state index in [2.05, 4.69) is 35.3 Å². The first-order valence-corrected chi connectivity index (χ1v) is 24.3. The maximum absolute atomic E-state index is 16.0. The number of hydrogen-bond donors (Lipinski definition) is 2. The number of sulfonamides is 1. The number of nitrogens with one attached hydrogen (secondary N) is 2. The van der Waals surface area contributed by atoms with Crippen molar-refractivity contribution in [1.29, 1.82) is 0 Å². The van der Waals surface area contributed by atoms with Crippen LogP contribution in [0.5, 0.6) is 0 Å². The molecule has 2 aromatic rings. The van der Waals surface area contributed by atoms with E-state index in [-0.39, 0.29) is 85.4 Å². The van der Waals surface area contributed by atoms with Gasteiger partial charge >= 0.3 is 12.2 Å². The molecule has 2 N–H and O–H groups in total. The van der Waals surface area contributed by atoms with Gasteiger partial charge in [-0.1, -0.05) is 31.2 Å². The van der Waals surface area contributed by atoms with Gasteiger partial charge in [-0.05, 0) is 88.9 Å². The highest BCUT2D eigenvalue weighted by Crippen LogP contribution is 2.45. The van der Waals surface area contributed by atoms with Gasteiger partial charge < -0.3 is 29.9 Å². The molecule has 304 valence electrons. The summed E-state index contributed by atoms with van der Waals surface area (Å²) >= 11 is 6.28. The van der Waals surface area contributed by atoms with Gasteiger partial charge in [0.1, 0.15) is 16.6 Å². The standard InChI is InChI=1S/C37H53ClF2N6O7SSi/c1-36(2,3)53-35(49)42-28-23-33(47)46(24-28)29-11-13-30(14-12-29)54(50,51)45-17-15-44(16-18-45)32-22-26(21-31(38)43-32)37(39,40)25-7-9-27(10-8-25)41-34(48)52-19-20-55(4,5)6/h11-14,21-22,25,27-28H,7-10,15-20,23-24H2,1-6H3,(H,41,48)(H,42,49). The first-order valence-electron chi connectivity index (χ1n) is 18.7. The Morgan fingerprint density at radius 3 is 2.16 bits per heavy atom. The molecule has 2 saturated heterocycles. The molecule has 55 heavy (non-hydrogen) atoms. The van der Waals surface area contributed by atoms with Crippen LogP contribution in [0.4, 0.5) is 29.9 Å². The van der Waals surface area contributed by atoms with Crippen molar-refractivity contribution in [3.8, 4) is 0 Å². The number of halogens is 3. The van der Waals surface area contributed by atoms with E-state index in [0.717, 1.165) is 6.04 Å². The van der Waals surface area contributed by atoms with Crippen LogP contribution in [0.2, 0.25) is 30.8 Å². The Hall–Kier alpha value is -3.54. The van der Waals surface area contributed by atoms with Crippen molar-refractivity contribution in [2.45, 2.75) is 107 Å². The predicted octanol–water partition coefficient (Wildman–Crippen LogP) is 6.59. The van der Waals surface area contributed by atoms with Crippen molar-refractivity contribution in [1.82, 2.24) is 19.9 Å². The summed E-state index contributed by atoms with van der Waals surface area (Å²) in [6.07, 6.45) is 0.178. The molecule has 1 unspecified atom stereocenters. The summed E-state index contributed by atoms with van der Waals surface area (Å²) in [4.78, 5) is 44.7. The normalized spacial score (nSPS) is 21.7. The zero-order chi connectivity index (χ0) is 40.3. The number of hydrogen-bond acceptors (Lipinski definition) is 9. The zero-order valence-corrected chi connectivity index (χ0v) is 34.9. The smallest absolute Gasteiger partial charge is 0.407 e. The molecule has 0 radical (unpaired) electrons. The second-order valence-corrected chi connectivity index (χ2v) is 24.7. The highest BCUT2D eigenvalue weighted by atomic mass is 35.5. The fourth-order valence-electron chi connectivity index (χ4n) is 6.96. The lowest BCUT2D eigenvalue weighted by atomic mass is 9.80. The first kappa shape index (κ1) is 42.6. The summed E-state index contributed by atoms with van der Waals surface area (Å²) in [7, 11) is -5.26. The second-order valence-electron chi connectivity index (χ2n) is 16.7. The van der Waals surface area contributed by atoms with Gasteiger partial charge in [-0.2, -0.15) is 4.31 Å². The number of carbonyl (C=O) groups is 3. The molecule has 13 nitrogen and oxygen atoms in total. The maximum Gasteiger partial charge on any atom is 0.407 e. The number of pyridine rings is 1. The summed E-state index contributed by atoms with van der Waals surface area (Å²) in [5, 5.41) is 5.45. The van der Waals surface area contributed by atoms with Crippen LogP contribution in [0.25, 0.3) is 0 Å². The van der Waals surface area contributed by atoms with Crippen molar-refractivity contribution in [3.05, 3.63) is 47.1 Å². The molecule has 3 fully saturated rings. The quantitative estimate of drug-likeness (QED) is 0.189. The van der Waals surface area contributed by atoms with Crippen LogP contribution in [-0.4, -0.2) is 101 Å². The SMILES string of the molecule is CC(C)(C)OC(=O)NC1CC(=O)N(c2ccc(S(=O)(=O)N3CCN(c4cc(C(F)(F)C5CCC(NC(=O)OCC[Si](C)(C)C)CC5)cc(Cl)n4)CC3)cc2)C1. The van der Waals surface area contributed by atoms with Crippen LogP contribution in [0, 0.1) is 5.92 Å². The van der Waals surface area contributed by atoms with Crippen molar-refractivity contribution in [2.75, 3.05) is 49.1 Å². The lowest BCUT2D eigenvalue weighted by Crippen LogP contribution is -2.49. The third-order valence-corrected chi connectivity index (χ3v) is 13.8. The Morgan fingerprint density at radius 2 is 1.56 bits per heavy atom. The predicted molar refractivity (Wildman–Crippen MR) is 209 cm³/mol. The number of rotatable bonds is 11. The molecule has 18 heteroatoms. The number of nitrogens with zero attached hydrogens (tertiary/aromatic N) is 4. The Bertz CT molecular complexity index is 1810. The number of benzene rings is 1. The average molecular weight is 827 g/mol. The lowest BCUT2D eigenvalue weighted by molar-refractivity contribution is -0.117. The second kappa shape index (κ2) is 16.9. The molecule has 3 heterocycles. The van der Waals surface area contributed by atoms with Crippen LogP contribution in [0.15, 0.2) is 41.3 Å². The molecule has 1 atom stereocenters. The third kappa shape index (κ3) is 11.3. The van der Waals surface area contributed by atoms with Crippen LogP contribution in [0.1, 0.15) is 58.4 Å².